The number of fused-ring (bicyclic) bond motifs is 1. The van der Waals surface area contributed by atoms with E-state index in [-0.39, 0.29) is 0 Å². The van der Waals surface area contributed by atoms with Crippen LogP contribution >= 0.6 is 0 Å². The lowest BCUT2D eigenvalue weighted by atomic mass is 10.1. The second-order valence-corrected chi connectivity index (χ2v) is 5.79. The second-order valence-electron chi connectivity index (χ2n) is 4.11. The average Bonchev–Trinajstić information content (AvgIpc) is 2.70. The van der Waals surface area contributed by atoms with E-state index in [1.807, 2.05) is 13.0 Å². The van der Waals surface area contributed by atoms with Crippen molar-refractivity contribution in [2.45, 2.75) is 19.8 Å². The number of benzene rings is 1. The van der Waals surface area contributed by atoms with Gasteiger partial charge in [-0.15, -0.1) is 0 Å². The van der Waals surface area contributed by atoms with E-state index in [0.29, 0.717) is 24.5 Å². The normalized spacial score (nSPS) is 15.0. The fraction of sp³-hybridized carbons (Fsp3) is 0.455. The highest BCUT2D eigenvalue weighted by molar-refractivity contribution is 7.90. The molecule has 0 aliphatic carbocycles. The van der Waals surface area contributed by atoms with Crippen LogP contribution in [-0.2, 0) is 16.6 Å². The van der Waals surface area contributed by atoms with Crippen LogP contribution in [-0.4, -0.2) is 21.5 Å². The largest absolute Gasteiger partial charge is 0.399 e. The summed E-state index contributed by atoms with van der Waals surface area (Å²) in [7, 11) is -3.42. The molecule has 0 radical (unpaired) electrons. The Labute approximate surface area is 102 Å². The standard InChI is InChI=1S/C11H17N3O2S/c1-2-6-13-17(15,16)14-7-5-9-3-4-10(12)8-11(9)14/h3-4,8,13H,2,5-7,12H2,1H3. The molecule has 1 aromatic carbocycles. The first kappa shape index (κ1) is 12.2. The molecule has 1 aromatic rings. The van der Waals surface area contributed by atoms with E-state index >= 15 is 0 Å². The van der Waals surface area contributed by atoms with Crippen molar-refractivity contribution in [3.63, 3.8) is 0 Å². The van der Waals surface area contributed by atoms with Crippen LogP contribution in [0, 0.1) is 0 Å². The van der Waals surface area contributed by atoms with Gasteiger partial charge in [-0.2, -0.15) is 13.1 Å². The van der Waals surface area contributed by atoms with Gasteiger partial charge in [0, 0.05) is 18.8 Å². The summed E-state index contributed by atoms with van der Waals surface area (Å²) in [5, 5.41) is 0. The number of rotatable bonds is 4. The molecule has 0 saturated heterocycles. The third-order valence-electron chi connectivity index (χ3n) is 2.79. The van der Waals surface area contributed by atoms with Crippen molar-refractivity contribution in [1.82, 2.24) is 4.72 Å². The molecule has 5 nitrogen and oxygen atoms in total. The molecule has 3 N–H and O–H groups in total. The predicted molar refractivity (Wildman–Crippen MR) is 69.1 cm³/mol. The van der Waals surface area contributed by atoms with Crippen LogP contribution in [0.4, 0.5) is 11.4 Å². The molecular formula is C11H17N3O2S. The highest BCUT2D eigenvalue weighted by Crippen LogP contribution is 2.31. The summed E-state index contributed by atoms with van der Waals surface area (Å²) in [6.45, 7) is 2.87. The summed E-state index contributed by atoms with van der Waals surface area (Å²) in [5.74, 6) is 0. The summed E-state index contributed by atoms with van der Waals surface area (Å²) in [4.78, 5) is 0. The first-order valence-electron chi connectivity index (χ1n) is 5.70. The van der Waals surface area contributed by atoms with Crippen molar-refractivity contribution in [3.8, 4) is 0 Å². The van der Waals surface area contributed by atoms with E-state index in [2.05, 4.69) is 4.72 Å². The summed E-state index contributed by atoms with van der Waals surface area (Å²) < 4.78 is 28.0. The maximum absolute atomic E-state index is 12.0. The Balaban J connectivity index is 2.30. The van der Waals surface area contributed by atoms with Crippen LogP contribution < -0.4 is 14.8 Å². The van der Waals surface area contributed by atoms with Crippen LogP contribution in [0.5, 0.6) is 0 Å². The fourth-order valence-corrected chi connectivity index (χ4v) is 3.30. The lowest BCUT2D eigenvalue weighted by Gasteiger charge is -2.19. The van der Waals surface area contributed by atoms with Crippen LogP contribution in [0.25, 0.3) is 0 Å². The Morgan fingerprint density at radius 3 is 2.94 bits per heavy atom. The van der Waals surface area contributed by atoms with Gasteiger partial charge in [-0.05, 0) is 30.5 Å². The lowest BCUT2D eigenvalue weighted by Crippen LogP contribution is -2.40. The van der Waals surface area contributed by atoms with Gasteiger partial charge in [0.1, 0.15) is 0 Å². The smallest absolute Gasteiger partial charge is 0.301 e. The van der Waals surface area contributed by atoms with E-state index in [9.17, 15) is 8.42 Å². The zero-order valence-electron chi connectivity index (χ0n) is 9.81. The number of hydrogen-bond donors (Lipinski definition) is 2. The molecule has 0 bridgehead atoms. The first-order valence-corrected chi connectivity index (χ1v) is 7.14. The maximum Gasteiger partial charge on any atom is 0.301 e. The highest BCUT2D eigenvalue weighted by atomic mass is 32.2. The Hall–Kier alpha value is -1.27. The Bertz CT molecular complexity index is 513. The molecule has 0 saturated carbocycles. The second kappa shape index (κ2) is 4.54. The van der Waals surface area contributed by atoms with Crippen LogP contribution in [0.2, 0.25) is 0 Å². The minimum atomic E-state index is -3.42. The molecule has 1 aliphatic heterocycles. The summed E-state index contributed by atoms with van der Waals surface area (Å²) >= 11 is 0. The Kier molecular flexibility index (Phi) is 3.26. The van der Waals surface area contributed by atoms with E-state index in [1.54, 1.807) is 12.1 Å². The minimum Gasteiger partial charge on any atom is -0.399 e. The summed E-state index contributed by atoms with van der Waals surface area (Å²) in [6, 6.07) is 5.40. The van der Waals surface area contributed by atoms with Crippen LogP contribution in [0.3, 0.4) is 0 Å². The molecule has 1 heterocycles. The van der Waals surface area contributed by atoms with Gasteiger partial charge in [0.2, 0.25) is 0 Å². The van der Waals surface area contributed by atoms with Gasteiger partial charge in [0.05, 0.1) is 5.69 Å². The molecule has 0 aromatic heterocycles. The van der Waals surface area contributed by atoms with Crippen molar-refractivity contribution in [2.75, 3.05) is 23.1 Å². The lowest BCUT2D eigenvalue weighted by molar-refractivity contribution is 0.577. The van der Waals surface area contributed by atoms with Crippen molar-refractivity contribution < 1.29 is 8.42 Å². The van der Waals surface area contributed by atoms with Crippen molar-refractivity contribution >= 4 is 21.6 Å². The minimum absolute atomic E-state index is 0.455. The molecule has 0 atom stereocenters. The van der Waals surface area contributed by atoms with Crippen molar-refractivity contribution in [3.05, 3.63) is 23.8 Å². The molecule has 0 amide bonds. The third-order valence-corrected chi connectivity index (χ3v) is 4.32. The van der Waals surface area contributed by atoms with Gasteiger partial charge >= 0.3 is 10.2 Å². The van der Waals surface area contributed by atoms with Gasteiger partial charge < -0.3 is 5.73 Å². The number of nitrogen functional groups attached to an aromatic ring is 1. The van der Waals surface area contributed by atoms with E-state index in [0.717, 1.165) is 18.4 Å². The molecule has 2 rings (SSSR count). The number of nitrogens with zero attached hydrogens (tertiary/aromatic N) is 1. The third kappa shape index (κ3) is 2.37. The molecule has 0 fully saturated rings. The van der Waals surface area contributed by atoms with Gasteiger partial charge in [0.25, 0.3) is 0 Å². The van der Waals surface area contributed by atoms with Gasteiger partial charge in [0.15, 0.2) is 0 Å². The topological polar surface area (TPSA) is 75.4 Å². The van der Waals surface area contributed by atoms with E-state index in [1.165, 1.54) is 4.31 Å². The molecule has 1 aliphatic rings. The predicted octanol–water partition coefficient (Wildman–Crippen LogP) is 0.876. The Morgan fingerprint density at radius 1 is 1.47 bits per heavy atom. The summed E-state index contributed by atoms with van der Waals surface area (Å²) in [5.41, 5.74) is 8.01. The van der Waals surface area contributed by atoms with Gasteiger partial charge in [-0.3, -0.25) is 4.31 Å². The monoisotopic (exact) mass is 255 g/mol. The molecule has 94 valence electrons. The molecule has 0 unspecified atom stereocenters. The van der Waals surface area contributed by atoms with Crippen molar-refractivity contribution in [1.29, 1.82) is 0 Å². The van der Waals surface area contributed by atoms with E-state index < -0.39 is 10.2 Å². The first-order chi connectivity index (χ1) is 8.04. The average molecular weight is 255 g/mol. The summed E-state index contributed by atoms with van der Waals surface area (Å²) in [6.07, 6.45) is 1.51. The molecule has 17 heavy (non-hydrogen) atoms. The van der Waals surface area contributed by atoms with Gasteiger partial charge in [-0.1, -0.05) is 13.0 Å². The van der Waals surface area contributed by atoms with Crippen molar-refractivity contribution in [2.24, 2.45) is 0 Å². The zero-order valence-corrected chi connectivity index (χ0v) is 10.6. The Morgan fingerprint density at radius 2 is 2.24 bits per heavy atom. The number of hydrogen-bond acceptors (Lipinski definition) is 3. The molecule has 6 heteroatoms. The highest BCUT2D eigenvalue weighted by Gasteiger charge is 2.28. The fourth-order valence-electron chi connectivity index (χ4n) is 1.93. The zero-order chi connectivity index (χ0) is 12.5. The van der Waals surface area contributed by atoms with E-state index in [4.69, 9.17) is 5.73 Å². The SMILES string of the molecule is CCCNS(=O)(=O)N1CCc2ccc(N)cc21. The molecular weight excluding hydrogens is 238 g/mol. The number of nitrogens with two attached hydrogens (primary N) is 1. The van der Waals surface area contributed by atoms with Crippen LogP contribution in [0.1, 0.15) is 18.9 Å². The maximum atomic E-state index is 12.0. The number of nitrogens with one attached hydrogen (secondary N) is 1. The number of anilines is 2. The van der Waals surface area contributed by atoms with Crippen LogP contribution in [0.15, 0.2) is 18.2 Å². The van der Waals surface area contributed by atoms with Gasteiger partial charge in [-0.25, -0.2) is 0 Å². The quantitative estimate of drug-likeness (QED) is 0.784. The molecule has 0 spiro atoms.